The molecule has 0 bridgehead atoms. The van der Waals surface area contributed by atoms with Gasteiger partial charge in [-0.25, -0.2) is 9.37 Å². The van der Waals surface area contributed by atoms with Crippen molar-refractivity contribution in [1.82, 2.24) is 19.7 Å². The van der Waals surface area contributed by atoms with Gasteiger partial charge in [-0.05, 0) is 25.1 Å². The van der Waals surface area contributed by atoms with E-state index in [4.69, 9.17) is 0 Å². The standard InChI is InChI=1S/C21H24FN5/c1-2-27-16-17(14-24-27)15-25-10-12-26(13-11-25)21-19(7-5-9-23-21)18-6-3-4-8-20(18)22/h3-9,14,16H,2,10-13,15H2,1H3. The van der Waals surface area contributed by atoms with E-state index in [1.807, 2.05) is 35.1 Å². The first kappa shape index (κ1) is 17.7. The Morgan fingerprint density at radius 1 is 1.00 bits per heavy atom. The van der Waals surface area contributed by atoms with Crippen LogP contribution in [0.25, 0.3) is 11.1 Å². The number of anilines is 1. The van der Waals surface area contributed by atoms with Gasteiger partial charge in [0.1, 0.15) is 11.6 Å². The molecule has 0 unspecified atom stereocenters. The summed E-state index contributed by atoms with van der Waals surface area (Å²) >= 11 is 0. The molecule has 0 amide bonds. The van der Waals surface area contributed by atoms with Crippen LogP contribution in [0, 0.1) is 5.82 Å². The first-order valence-electron chi connectivity index (χ1n) is 9.43. The molecule has 1 aliphatic rings. The van der Waals surface area contributed by atoms with Crippen molar-refractivity contribution in [1.29, 1.82) is 0 Å². The van der Waals surface area contributed by atoms with Crippen LogP contribution >= 0.6 is 0 Å². The lowest BCUT2D eigenvalue weighted by Crippen LogP contribution is -2.46. The topological polar surface area (TPSA) is 37.2 Å². The second-order valence-electron chi connectivity index (χ2n) is 6.82. The minimum Gasteiger partial charge on any atom is -0.354 e. The van der Waals surface area contributed by atoms with Gasteiger partial charge in [-0.3, -0.25) is 9.58 Å². The summed E-state index contributed by atoms with van der Waals surface area (Å²) in [4.78, 5) is 9.26. The Labute approximate surface area is 159 Å². The van der Waals surface area contributed by atoms with Crippen LogP contribution in [0.5, 0.6) is 0 Å². The van der Waals surface area contributed by atoms with E-state index in [0.717, 1.165) is 50.6 Å². The summed E-state index contributed by atoms with van der Waals surface area (Å²) in [5, 5.41) is 4.35. The third kappa shape index (κ3) is 3.85. The van der Waals surface area contributed by atoms with Gasteiger partial charge < -0.3 is 4.90 Å². The van der Waals surface area contributed by atoms with Gasteiger partial charge in [0.25, 0.3) is 0 Å². The zero-order valence-corrected chi connectivity index (χ0v) is 15.6. The molecule has 0 saturated carbocycles. The average molecular weight is 365 g/mol. The molecular formula is C21H24FN5. The molecule has 140 valence electrons. The Hall–Kier alpha value is -2.73. The van der Waals surface area contributed by atoms with Crippen LogP contribution < -0.4 is 4.90 Å². The van der Waals surface area contributed by atoms with Crippen LogP contribution in [0.2, 0.25) is 0 Å². The Morgan fingerprint density at radius 3 is 2.52 bits per heavy atom. The van der Waals surface area contributed by atoms with Gasteiger partial charge in [-0.2, -0.15) is 5.10 Å². The highest BCUT2D eigenvalue weighted by Crippen LogP contribution is 2.31. The van der Waals surface area contributed by atoms with Crippen LogP contribution in [-0.4, -0.2) is 45.8 Å². The normalized spacial score (nSPS) is 15.3. The van der Waals surface area contributed by atoms with Crippen molar-refractivity contribution in [3.63, 3.8) is 0 Å². The van der Waals surface area contributed by atoms with Crippen molar-refractivity contribution in [2.75, 3.05) is 31.1 Å². The Morgan fingerprint density at radius 2 is 1.78 bits per heavy atom. The Bertz CT molecular complexity index is 899. The van der Waals surface area contributed by atoms with E-state index >= 15 is 0 Å². The quantitative estimate of drug-likeness (QED) is 0.694. The number of benzene rings is 1. The minimum atomic E-state index is -0.210. The van der Waals surface area contributed by atoms with E-state index in [-0.39, 0.29) is 5.82 Å². The summed E-state index contributed by atoms with van der Waals surface area (Å²) in [6.07, 6.45) is 5.84. The molecule has 0 radical (unpaired) electrons. The largest absolute Gasteiger partial charge is 0.354 e. The summed E-state index contributed by atoms with van der Waals surface area (Å²) in [7, 11) is 0. The van der Waals surface area contributed by atoms with E-state index in [1.165, 1.54) is 11.6 Å². The molecule has 2 aromatic heterocycles. The van der Waals surface area contributed by atoms with Gasteiger partial charge in [0, 0.05) is 68.4 Å². The Kier molecular flexibility index (Phi) is 5.16. The summed E-state index contributed by atoms with van der Waals surface area (Å²) in [6, 6.07) is 10.7. The maximum absolute atomic E-state index is 14.3. The highest BCUT2D eigenvalue weighted by atomic mass is 19.1. The second-order valence-corrected chi connectivity index (χ2v) is 6.82. The van der Waals surface area contributed by atoms with Gasteiger partial charge in [0.2, 0.25) is 0 Å². The van der Waals surface area contributed by atoms with Crippen LogP contribution in [0.4, 0.5) is 10.2 Å². The van der Waals surface area contributed by atoms with Crippen LogP contribution in [0.1, 0.15) is 12.5 Å². The number of aromatic nitrogens is 3. The van der Waals surface area contributed by atoms with Crippen molar-refractivity contribution < 1.29 is 4.39 Å². The zero-order valence-electron chi connectivity index (χ0n) is 15.6. The van der Waals surface area contributed by atoms with E-state index in [1.54, 1.807) is 12.3 Å². The SMILES string of the molecule is CCn1cc(CN2CCN(c3ncccc3-c3ccccc3F)CC2)cn1. The van der Waals surface area contributed by atoms with Gasteiger partial charge in [0.05, 0.1) is 6.20 Å². The number of halogens is 1. The summed E-state index contributed by atoms with van der Waals surface area (Å²) in [5.74, 6) is 0.652. The minimum absolute atomic E-state index is 0.210. The number of piperazine rings is 1. The predicted octanol–water partition coefficient (Wildman–Crippen LogP) is 3.43. The molecule has 1 fully saturated rings. The van der Waals surface area contributed by atoms with Gasteiger partial charge in [-0.1, -0.05) is 18.2 Å². The molecule has 1 saturated heterocycles. The molecule has 3 aromatic rings. The maximum atomic E-state index is 14.3. The van der Waals surface area contributed by atoms with Gasteiger partial charge in [-0.15, -0.1) is 0 Å². The Balaban J connectivity index is 1.46. The monoisotopic (exact) mass is 365 g/mol. The summed E-state index contributed by atoms with van der Waals surface area (Å²) in [6.45, 7) is 7.55. The van der Waals surface area contributed by atoms with E-state index < -0.39 is 0 Å². The molecule has 0 spiro atoms. The van der Waals surface area contributed by atoms with Crippen molar-refractivity contribution in [3.8, 4) is 11.1 Å². The van der Waals surface area contributed by atoms with Crippen LogP contribution in [-0.2, 0) is 13.1 Å². The predicted molar refractivity (Wildman–Crippen MR) is 105 cm³/mol. The first-order chi connectivity index (χ1) is 13.2. The molecule has 3 heterocycles. The molecule has 4 rings (SSSR count). The molecule has 1 aliphatic heterocycles. The van der Waals surface area contributed by atoms with Crippen molar-refractivity contribution in [2.24, 2.45) is 0 Å². The lowest BCUT2D eigenvalue weighted by molar-refractivity contribution is 0.249. The number of hydrogen-bond acceptors (Lipinski definition) is 4. The molecule has 6 heteroatoms. The van der Waals surface area contributed by atoms with Crippen LogP contribution in [0.3, 0.4) is 0 Å². The molecule has 27 heavy (non-hydrogen) atoms. The van der Waals surface area contributed by atoms with Crippen LogP contribution in [0.15, 0.2) is 55.0 Å². The fraction of sp³-hybridized carbons (Fsp3) is 0.333. The van der Waals surface area contributed by atoms with E-state index in [9.17, 15) is 4.39 Å². The average Bonchev–Trinajstić information content (AvgIpc) is 3.17. The van der Waals surface area contributed by atoms with Crippen molar-refractivity contribution in [3.05, 3.63) is 66.4 Å². The smallest absolute Gasteiger partial charge is 0.136 e. The molecule has 5 nitrogen and oxygen atoms in total. The lowest BCUT2D eigenvalue weighted by atomic mass is 10.1. The summed E-state index contributed by atoms with van der Waals surface area (Å²) in [5.41, 5.74) is 2.71. The first-order valence-corrected chi connectivity index (χ1v) is 9.43. The number of aryl methyl sites for hydroxylation is 1. The number of nitrogens with zero attached hydrogens (tertiary/aromatic N) is 5. The molecule has 0 atom stereocenters. The van der Waals surface area contributed by atoms with Gasteiger partial charge in [0.15, 0.2) is 0 Å². The number of hydrogen-bond donors (Lipinski definition) is 0. The number of pyridine rings is 1. The van der Waals surface area contributed by atoms with Gasteiger partial charge >= 0.3 is 0 Å². The molecule has 0 aliphatic carbocycles. The highest BCUT2D eigenvalue weighted by molar-refractivity contribution is 5.76. The molecule has 0 N–H and O–H groups in total. The third-order valence-corrected chi connectivity index (χ3v) is 5.04. The van der Waals surface area contributed by atoms with E-state index in [0.29, 0.717) is 5.56 Å². The van der Waals surface area contributed by atoms with Crippen molar-refractivity contribution in [2.45, 2.75) is 20.0 Å². The fourth-order valence-corrected chi connectivity index (χ4v) is 3.58. The zero-order chi connectivity index (χ0) is 18.6. The third-order valence-electron chi connectivity index (χ3n) is 5.04. The second kappa shape index (κ2) is 7.88. The highest BCUT2D eigenvalue weighted by Gasteiger charge is 2.21. The molecular weight excluding hydrogens is 341 g/mol. The summed E-state index contributed by atoms with van der Waals surface area (Å²) < 4.78 is 16.3. The number of rotatable bonds is 5. The molecule has 1 aromatic carbocycles. The van der Waals surface area contributed by atoms with E-state index in [2.05, 4.69) is 33.0 Å². The lowest BCUT2D eigenvalue weighted by Gasteiger charge is -2.36. The maximum Gasteiger partial charge on any atom is 0.136 e. The fourth-order valence-electron chi connectivity index (χ4n) is 3.58. The van der Waals surface area contributed by atoms with Crippen molar-refractivity contribution >= 4 is 5.82 Å².